The second-order valence-corrected chi connectivity index (χ2v) is 12.9. The maximum Gasteiger partial charge on any atom is 0.251 e. The molecule has 0 saturated carbocycles. The first-order chi connectivity index (χ1) is 18.8. The SMILES string of the molecule is CCC1CCCCN1S(=O)(=O)c1ccc(C(=O)NCCN2CCN(c3nc4c(F)cc(F)cc4s3)CC2)cc1. The van der Waals surface area contributed by atoms with Crippen LogP contribution in [-0.2, 0) is 10.0 Å². The van der Waals surface area contributed by atoms with Gasteiger partial charge in [0.1, 0.15) is 11.3 Å². The highest BCUT2D eigenvalue weighted by atomic mass is 32.2. The molecule has 2 aromatic carbocycles. The van der Waals surface area contributed by atoms with Crippen LogP contribution in [0.5, 0.6) is 0 Å². The van der Waals surface area contributed by atoms with Crippen molar-refractivity contribution in [3.05, 3.63) is 53.6 Å². The van der Waals surface area contributed by atoms with Crippen molar-refractivity contribution in [1.29, 1.82) is 0 Å². The number of piperazine rings is 1. The molecule has 3 heterocycles. The van der Waals surface area contributed by atoms with Crippen molar-refractivity contribution < 1.29 is 22.0 Å². The maximum atomic E-state index is 14.0. The molecule has 0 bridgehead atoms. The van der Waals surface area contributed by atoms with Crippen LogP contribution in [0, 0.1) is 11.6 Å². The minimum atomic E-state index is -3.58. The topological polar surface area (TPSA) is 85.8 Å². The Labute approximate surface area is 231 Å². The highest BCUT2D eigenvalue weighted by Crippen LogP contribution is 2.31. The van der Waals surface area contributed by atoms with Gasteiger partial charge in [-0.1, -0.05) is 24.7 Å². The average Bonchev–Trinajstić information content (AvgIpc) is 3.38. The summed E-state index contributed by atoms with van der Waals surface area (Å²) in [5.74, 6) is -1.50. The molecule has 0 spiro atoms. The monoisotopic (exact) mass is 577 g/mol. The molecule has 0 aliphatic carbocycles. The van der Waals surface area contributed by atoms with E-state index in [1.54, 1.807) is 16.4 Å². The molecule has 8 nitrogen and oxygen atoms in total. The van der Waals surface area contributed by atoms with E-state index in [1.165, 1.54) is 29.5 Å². The molecule has 1 N–H and O–H groups in total. The summed E-state index contributed by atoms with van der Waals surface area (Å²) in [5.41, 5.74) is 0.618. The standard InChI is InChI=1S/C27H33F2N5O3S2/c1-2-21-5-3-4-11-34(21)39(36,37)22-8-6-19(7-9-22)26(35)30-10-12-32-13-15-33(16-14-32)27-31-25-23(29)17-20(28)18-24(25)38-27/h6-9,17-18,21H,2-5,10-16H2,1H3,(H,30,35). The Morgan fingerprint density at radius 1 is 1.08 bits per heavy atom. The van der Waals surface area contributed by atoms with Gasteiger partial charge >= 0.3 is 0 Å². The fourth-order valence-electron chi connectivity index (χ4n) is 5.29. The number of nitrogens with one attached hydrogen (secondary N) is 1. The van der Waals surface area contributed by atoms with E-state index in [2.05, 4.69) is 20.1 Å². The van der Waals surface area contributed by atoms with Crippen LogP contribution < -0.4 is 10.2 Å². The number of carbonyl (C=O) groups is 1. The second kappa shape index (κ2) is 11.8. The van der Waals surface area contributed by atoms with Crippen LogP contribution in [0.15, 0.2) is 41.3 Å². The van der Waals surface area contributed by atoms with Gasteiger partial charge in [0.25, 0.3) is 5.91 Å². The van der Waals surface area contributed by atoms with E-state index in [4.69, 9.17) is 0 Å². The molecule has 1 aromatic heterocycles. The van der Waals surface area contributed by atoms with Crippen molar-refractivity contribution in [2.75, 3.05) is 50.7 Å². The van der Waals surface area contributed by atoms with Gasteiger partial charge in [-0.05, 0) is 49.6 Å². The van der Waals surface area contributed by atoms with E-state index in [0.29, 0.717) is 48.1 Å². The van der Waals surface area contributed by atoms with Crippen molar-refractivity contribution in [2.24, 2.45) is 0 Å². The van der Waals surface area contributed by atoms with Crippen molar-refractivity contribution in [3.8, 4) is 0 Å². The zero-order valence-corrected chi connectivity index (χ0v) is 23.5. The Morgan fingerprint density at radius 3 is 2.54 bits per heavy atom. The minimum Gasteiger partial charge on any atom is -0.351 e. The van der Waals surface area contributed by atoms with E-state index in [1.807, 2.05) is 6.92 Å². The van der Waals surface area contributed by atoms with Gasteiger partial charge in [0.2, 0.25) is 10.0 Å². The average molecular weight is 578 g/mol. The lowest BCUT2D eigenvalue weighted by molar-refractivity contribution is 0.0947. The summed E-state index contributed by atoms with van der Waals surface area (Å²) in [4.78, 5) is 21.5. The smallest absolute Gasteiger partial charge is 0.251 e. The Morgan fingerprint density at radius 2 is 1.82 bits per heavy atom. The minimum absolute atomic E-state index is 0.0300. The number of rotatable bonds is 8. The first kappa shape index (κ1) is 27.9. The van der Waals surface area contributed by atoms with Crippen molar-refractivity contribution >= 4 is 42.6 Å². The van der Waals surface area contributed by atoms with Crippen LogP contribution in [0.2, 0.25) is 0 Å². The first-order valence-corrected chi connectivity index (χ1v) is 15.6. The number of thiazole rings is 1. The van der Waals surface area contributed by atoms with E-state index < -0.39 is 21.7 Å². The lowest BCUT2D eigenvalue weighted by atomic mass is 10.0. The van der Waals surface area contributed by atoms with Gasteiger partial charge in [0.15, 0.2) is 10.9 Å². The summed E-state index contributed by atoms with van der Waals surface area (Å²) in [6, 6.07) is 8.37. The number of fused-ring (bicyclic) bond motifs is 1. The van der Waals surface area contributed by atoms with Crippen LogP contribution in [-0.4, -0.2) is 80.4 Å². The highest BCUT2D eigenvalue weighted by Gasteiger charge is 2.32. The summed E-state index contributed by atoms with van der Waals surface area (Å²) in [6.07, 6.45) is 3.59. The second-order valence-electron chi connectivity index (χ2n) is 10.0. The van der Waals surface area contributed by atoms with Crippen molar-refractivity contribution in [1.82, 2.24) is 19.5 Å². The molecule has 1 amide bonds. The van der Waals surface area contributed by atoms with Crippen molar-refractivity contribution in [3.63, 3.8) is 0 Å². The largest absolute Gasteiger partial charge is 0.351 e. The van der Waals surface area contributed by atoms with Crippen LogP contribution in [0.1, 0.15) is 43.0 Å². The molecule has 3 aromatic rings. The Hall–Kier alpha value is -2.67. The Balaban J connectivity index is 1.10. The molecule has 0 radical (unpaired) electrons. The fraction of sp³-hybridized carbons (Fsp3) is 0.481. The number of sulfonamides is 1. The van der Waals surface area contributed by atoms with E-state index in [0.717, 1.165) is 44.8 Å². The summed E-state index contributed by atoms with van der Waals surface area (Å²) in [6.45, 7) is 6.58. The third kappa shape index (κ3) is 6.08. The lowest BCUT2D eigenvalue weighted by Crippen LogP contribution is -2.48. The summed E-state index contributed by atoms with van der Waals surface area (Å²) in [5, 5.41) is 3.59. The number of nitrogens with zero attached hydrogens (tertiary/aromatic N) is 4. The number of piperidine rings is 1. The third-order valence-corrected chi connectivity index (χ3v) is 10.6. The molecule has 12 heteroatoms. The number of amides is 1. The van der Waals surface area contributed by atoms with Gasteiger partial charge < -0.3 is 10.2 Å². The molecule has 5 rings (SSSR count). The zero-order chi connectivity index (χ0) is 27.6. The van der Waals surface area contributed by atoms with Crippen molar-refractivity contribution in [2.45, 2.75) is 43.5 Å². The number of hydrogen-bond donors (Lipinski definition) is 1. The van der Waals surface area contributed by atoms with Gasteiger partial charge in [-0.15, -0.1) is 0 Å². The maximum absolute atomic E-state index is 14.0. The lowest BCUT2D eigenvalue weighted by Gasteiger charge is -2.34. The van der Waals surface area contributed by atoms with Gasteiger partial charge in [0, 0.05) is 63.5 Å². The van der Waals surface area contributed by atoms with Gasteiger partial charge in [-0.3, -0.25) is 9.69 Å². The number of anilines is 1. The molecule has 2 fully saturated rings. The molecular weight excluding hydrogens is 544 g/mol. The normalized spacial score (nSPS) is 19.5. The molecule has 2 aliphatic rings. The van der Waals surface area contributed by atoms with Gasteiger partial charge in [-0.2, -0.15) is 4.31 Å². The van der Waals surface area contributed by atoms with E-state index in [-0.39, 0.29) is 22.4 Å². The number of aromatic nitrogens is 1. The van der Waals surface area contributed by atoms with Crippen LogP contribution in [0.4, 0.5) is 13.9 Å². The van der Waals surface area contributed by atoms with Crippen LogP contribution >= 0.6 is 11.3 Å². The molecule has 1 atom stereocenters. The molecule has 1 unspecified atom stereocenters. The highest BCUT2D eigenvalue weighted by molar-refractivity contribution is 7.89. The predicted octanol–water partition coefficient (Wildman–Crippen LogP) is 4.08. The van der Waals surface area contributed by atoms with Gasteiger partial charge in [0.05, 0.1) is 9.60 Å². The molecule has 210 valence electrons. The number of carbonyl (C=O) groups excluding carboxylic acids is 1. The fourth-order valence-corrected chi connectivity index (χ4v) is 8.11. The number of halogens is 2. The van der Waals surface area contributed by atoms with E-state index in [9.17, 15) is 22.0 Å². The molecular formula is C27H33F2N5O3S2. The van der Waals surface area contributed by atoms with Crippen LogP contribution in [0.3, 0.4) is 0 Å². The summed E-state index contributed by atoms with van der Waals surface area (Å²) in [7, 11) is -3.58. The third-order valence-electron chi connectivity index (χ3n) is 7.53. The first-order valence-electron chi connectivity index (χ1n) is 13.4. The quantitative estimate of drug-likeness (QED) is 0.434. The molecule has 2 aliphatic heterocycles. The van der Waals surface area contributed by atoms with Gasteiger partial charge in [-0.25, -0.2) is 22.2 Å². The number of hydrogen-bond acceptors (Lipinski definition) is 7. The number of benzene rings is 2. The molecule has 2 saturated heterocycles. The van der Waals surface area contributed by atoms with Crippen LogP contribution in [0.25, 0.3) is 10.2 Å². The zero-order valence-electron chi connectivity index (χ0n) is 21.9. The summed E-state index contributed by atoms with van der Waals surface area (Å²) >= 11 is 1.28. The molecule has 39 heavy (non-hydrogen) atoms. The Kier molecular flexibility index (Phi) is 8.46. The Bertz CT molecular complexity index is 1420. The summed E-state index contributed by atoms with van der Waals surface area (Å²) < 4.78 is 55.9. The van der Waals surface area contributed by atoms with E-state index >= 15 is 0 Å². The predicted molar refractivity (Wildman–Crippen MR) is 149 cm³/mol.